The number of rotatable bonds is 2. The summed E-state index contributed by atoms with van der Waals surface area (Å²) in [6, 6.07) is 0.310. The number of carboxylic acids is 1. The molecule has 2 saturated carbocycles. The summed E-state index contributed by atoms with van der Waals surface area (Å²) in [6.45, 7) is 1.54. The number of nitrogens with one attached hydrogen (secondary N) is 1. The van der Waals surface area contributed by atoms with Gasteiger partial charge in [-0.05, 0) is 37.5 Å². The number of carbonyl (C=O) groups is 2. The second kappa shape index (κ2) is 3.51. The van der Waals surface area contributed by atoms with E-state index in [1.165, 1.54) is 6.92 Å². The predicted octanol–water partition coefficient (Wildman–Crippen LogP) is 1.16. The van der Waals surface area contributed by atoms with Crippen LogP contribution in [0.15, 0.2) is 0 Å². The highest BCUT2D eigenvalue weighted by molar-refractivity contribution is 5.74. The molecule has 2 aliphatic rings. The molecule has 1 atom stereocenters. The van der Waals surface area contributed by atoms with E-state index in [0.717, 1.165) is 32.1 Å². The third-order valence-electron chi connectivity index (χ3n) is 3.90. The third-order valence-corrected chi connectivity index (χ3v) is 3.90. The monoisotopic (exact) mass is 211 g/mol. The maximum absolute atomic E-state index is 10.9. The Hall–Kier alpha value is -1.06. The van der Waals surface area contributed by atoms with Crippen molar-refractivity contribution in [3.63, 3.8) is 0 Å². The van der Waals surface area contributed by atoms with Gasteiger partial charge >= 0.3 is 5.97 Å². The van der Waals surface area contributed by atoms with Gasteiger partial charge in [0.1, 0.15) is 0 Å². The number of hydrogen-bond donors (Lipinski definition) is 2. The van der Waals surface area contributed by atoms with Crippen LogP contribution in [0.4, 0.5) is 0 Å². The summed E-state index contributed by atoms with van der Waals surface area (Å²) < 4.78 is 0. The van der Waals surface area contributed by atoms with E-state index < -0.39 is 5.97 Å². The average Bonchev–Trinajstić information content (AvgIpc) is 2.78. The summed E-state index contributed by atoms with van der Waals surface area (Å²) in [6.07, 6.45) is 4.49. The van der Waals surface area contributed by atoms with E-state index in [-0.39, 0.29) is 17.2 Å². The lowest BCUT2D eigenvalue weighted by Crippen LogP contribution is -2.31. The topological polar surface area (TPSA) is 66.4 Å². The molecule has 0 aromatic rings. The van der Waals surface area contributed by atoms with Crippen molar-refractivity contribution in [3.05, 3.63) is 0 Å². The van der Waals surface area contributed by atoms with Gasteiger partial charge in [-0.3, -0.25) is 9.59 Å². The van der Waals surface area contributed by atoms with Crippen LogP contribution in [-0.2, 0) is 9.59 Å². The molecule has 2 rings (SSSR count). The Morgan fingerprint density at radius 2 is 1.93 bits per heavy atom. The molecule has 0 heterocycles. The Balaban J connectivity index is 1.85. The van der Waals surface area contributed by atoms with Gasteiger partial charge in [0.05, 0.1) is 5.92 Å². The molecule has 0 saturated heterocycles. The van der Waals surface area contributed by atoms with E-state index in [1.807, 2.05) is 0 Å². The molecule has 0 aromatic carbocycles. The SMILES string of the molecule is CC(=O)NC1CC12CCC(C(=O)O)CC2. The summed E-state index contributed by atoms with van der Waals surface area (Å²) in [5.74, 6) is -0.798. The van der Waals surface area contributed by atoms with Crippen molar-refractivity contribution in [2.24, 2.45) is 11.3 Å². The summed E-state index contributed by atoms with van der Waals surface area (Å²) in [7, 11) is 0. The van der Waals surface area contributed by atoms with Gasteiger partial charge in [-0.2, -0.15) is 0 Å². The van der Waals surface area contributed by atoms with E-state index in [4.69, 9.17) is 5.11 Å². The maximum atomic E-state index is 10.9. The minimum atomic E-state index is -0.665. The predicted molar refractivity (Wildman–Crippen MR) is 54.2 cm³/mol. The first-order valence-corrected chi connectivity index (χ1v) is 5.53. The largest absolute Gasteiger partial charge is 0.481 e. The van der Waals surface area contributed by atoms with E-state index in [1.54, 1.807) is 0 Å². The highest BCUT2D eigenvalue weighted by Gasteiger charge is 2.55. The Morgan fingerprint density at radius 1 is 1.33 bits per heavy atom. The van der Waals surface area contributed by atoms with E-state index in [9.17, 15) is 9.59 Å². The number of aliphatic carboxylic acids is 1. The molecule has 1 amide bonds. The molecular formula is C11H17NO3. The molecule has 0 aromatic heterocycles. The van der Waals surface area contributed by atoms with Crippen LogP contribution in [0.3, 0.4) is 0 Å². The molecule has 0 radical (unpaired) electrons. The quantitative estimate of drug-likeness (QED) is 0.720. The summed E-state index contributed by atoms with van der Waals surface area (Å²) >= 11 is 0. The zero-order chi connectivity index (χ0) is 11.1. The Bertz CT molecular complexity index is 292. The van der Waals surface area contributed by atoms with Crippen LogP contribution in [0.25, 0.3) is 0 Å². The smallest absolute Gasteiger partial charge is 0.306 e. The number of hydrogen-bond acceptors (Lipinski definition) is 2. The fraction of sp³-hybridized carbons (Fsp3) is 0.818. The van der Waals surface area contributed by atoms with Gasteiger partial charge < -0.3 is 10.4 Å². The summed E-state index contributed by atoms with van der Waals surface area (Å²) in [5.41, 5.74) is 0.248. The first kappa shape index (κ1) is 10.5. The van der Waals surface area contributed by atoms with Crippen LogP contribution < -0.4 is 5.32 Å². The molecule has 2 N–H and O–H groups in total. The molecule has 4 heteroatoms. The van der Waals surface area contributed by atoms with Gasteiger partial charge in [0, 0.05) is 13.0 Å². The Morgan fingerprint density at radius 3 is 2.40 bits per heavy atom. The molecule has 2 aliphatic carbocycles. The molecule has 84 valence electrons. The lowest BCUT2D eigenvalue weighted by atomic mass is 9.79. The Kier molecular flexibility index (Phi) is 2.44. The molecule has 2 fully saturated rings. The minimum Gasteiger partial charge on any atom is -0.481 e. The summed E-state index contributed by atoms with van der Waals surface area (Å²) in [4.78, 5) is 21.7. The Labute approximate surface area is 89.0 Å². The van der Waals surface area contributed by atoms with E-state index in [0.29, 0.717) is 6.04 Å². The third kappa shape index (κ3) is 1.98. The van der Waals surface area contributed by atoms with Crippen molar-refractivity contribution in [1.82, 2.24) is 5.32 Å². The van der Waals surface area contributed by atoms with Gasteiger partial charge in [0.25, 0.3) is 0 Å². The molecule has 1 spiro atoms. The van der Waals surface area contributed by atoms with Crippen LogP contribution in [0.2, 0.25) is 0 Å². The van der Waals surface area contributed by atoms with Gasteiger partial charge in [-0.1, -0.05) is 0 Å². The molecule has 1 unspecified atom stereocenters. The van der Waals surface area contributed by atoms with Gasteiger partial charge in [0.15, 0.2) is 0 Å². The van der Waals surface area contributed by atoms with E-state index >= 15 is 0 Å². The van der Waals surface area contributed by atoms with Crippen molar-refractivity contribution < 1.29 is 14.7 Å². The average molecular weight is 211 g/mol. The molecular weight excluding hydrogens is 194 g/mol. The second-order valence-electron chi connectivity index (χ2n) is 4.93. The standard InChI is InChI=1S/C11H17NO3/c1-7(13)12-9-6-11(9)4-2-8(3-5-11)10(14)15/h8-9H,2-6H2,1H3,(H,12,13)(H,14,15). The number of carbonyl (C=O) groups excluding carboxylic acids is 1. The zero-order valence-electron chi connectivity index (χ0n) is 8.95. The van der Waals surface area contributed by atoms with Crippen molar-refractivity contribution in [2.45, 2.75) is 45.1 Å². The fourth-order valence-corrected chi connectivity index (χ4v) is 2.79. The molecule has 0 aliphatic heterocycles. The minimum absolute atomic E-state index is 0.0252. The first-order valence-electron chi connectivity index (χ1n) is 5.53. The molecule has 0 bridgehead atoms. The van der Waals surface area contributed by atoms with Crippen LogP contribution >= 0.6 is 0 Å². The highest BCUT2D eigenvalue weighted by Crippen LogP contribution is 2.57. The van der Waals surface area contributed by atoms with Crippen LogP contribution in [-0.4, -0.2) is 23.0 Å². The zero-order valence-corrected chi connectivity index (χ0v) is 8.95. The van der Waals surface area contributed by atoms with Gasteiger partial charge in [-0.25, -0.2) is 0 Å². The fourth-order valence-electron chi connectivity index (χ4n) is 2.79. The first-order chi connectivity index (χ1) is 7.03. The maximum Gasteiger partial charge on any atom is 0.306 e. The molecule has 15 heavy (non-hydrogen) atoms. The van der Waals surface area contributed by atoms with Crippen molar-refractivity contribution >= 4 is 11.9 Å². The van der Waals surface area contributed by atoms with Crippen molar-refractivity contribution in [1.29, 1.82) is 0 Å². The van der Waals surface area contributed by atoms with Crippen molar-refractivity contribution in [2.75, 3.05) is 0 Å². The number of amides is 1. The van der Waals surface area contributed by atoms with Gasteiger partial charge in [0.2, 0.25) is 5.91 Å². The number of carboxylic acid groups (broad SMARTS) is 1. The normalized spacial score (nSPS) is 38.7. The van der Waals surface area contributed by atoms with Crippen LogP contribution in [0, 0.1) is 11.3 Å². The van der Waals surface area contributed by atoms with Crippen LogP contribution in [0.1, 0.15) is 39.0 Å². The molecule has 4 nitrogen and oxygen atoms in total. The van der Waals surface area contributed by atoms with Crippen molar-refractivity contribution in [3.8, 4) is 0 Å². The summed E-state index contributed by atoms with van der Waals surface area (Å²) in [5, 5.41) is 11.8. The van der Waals surface area contributed by atoms with Crippen LogP contribution in [0.5, 0.6) is 0 Å². The van der Waals surface area contributed by atoms with E-state index in [2.05, 4.69) is 5.32 Å². The second-order valence-corrected chi connectivity index (χ2v) is 4.93. The lowest BCUT2D eigenvalue weighted by molar-refractivity contribution is -0.143. The highest BCUT2D eigenvalue weighted by atomic mass is 16.4. The lowest BCUT2D eigenvalue weighted by Gasteiger charge is -2.26. The van der Waals surface area contributed by atoms with Gasteiger partial charge in [-0.15, -0.1) is 0 Å².